The van der Waals surface area contributed by atoms with Gasteiger partial charge in [0.25, 0.3) is 0 Å². The molecule has 0 radical (unpaired) electrons. The number of hydrogen-bond donors (Lipinski definition) is 3. The second-order valence-electron chi connectivity index (χ2n) is 14.1. The van der Waals surface area contributed by atoms with Crippen LogP contribution >= 0.6 is 0 Å². The number of hydrogen-bond acceptors (Lipinski definition) is 6. The molecule has 0 aromatic carbocycles. The number of carbonyl (C=O) groups excluding carboxylic acids is 1. The third-order valence-electron chi connectivity index (χ3n) is 12.9. The molecule has 6 heteroatoms. The van der Waals surface area contributed by atoms with Crippen molar-refractivity contribution in [2.45, 2.75) is 89.4 Å². The highest BCUT2D eigenvalue weighted by Crippen LogP contribution is 2.78. The summed E-state index contributed by atoms with van der Waals surface area (Å²) >= 11 is 0. The van der Waals surface area contributed by atoms with Crippen molar-refractivity contribution in [2.75, 3.05) is 19.7 Å². The van der Waals surface area contributed by atoms with Crippen LogP contribution in [-0.4, -0.2) is 63.4 Å². The van der Waals surface area contributed by atoms with Crippen LogP contribution in [0.4, 0.5) is 0 Å². The number of furan rings is 1. The van der Waals surface area contributed by atoms with Crippen LogP contribution in [0.15, 0.2) is 46.6 Å². The molecule has 8 rings (SSSR count). The van der Waals surface area contributed by atoms with E-state index in [4.69, 9.17) is 4.42 Å². The second-order valence-corrected chi connectivity index (χ2v) is 14.1. The molecule has 6 nitrogen and oxygen atoms in total. The fraction of sp³-hybridized carbons (Fsp3) is 0.719. The Morgan fingerprint density at radius 1 is 1.08 bits per heavy atom. The maximum absolute atomic E-state index is 14.2. The van der Waals surface area contributed by atoms with E-state index in [9.17, 15) is 20.1 Å². The van der Waals surface area contributed by atoms with Crippen molar-refractivity contribution < 1.29 is 24.5 Å². The molecule has 2 spiro atoms. The highest BCUT2D eigenvalue weighted by atomic mass is 16.3. The predicted molar refractivity (Wildman–Crippen MR) is 143 cm³/mol. The lowest BCUT2D eigenvalue weighted by molar-refractivity contribution is -0.177. The first-order valence-electron chi connectivity index (χ1n) is 14.9. The number of likely N-dealkylation sites (tertiary alicyclic amines) is 1. The molecule has 6 aliphatic carbocycles. The van der Waals surface area contributed by atoms with Gasteiger partial charge >= 0.3 is 0 Å². The van der Waals surface area contributed by atoms with Gasteiger partial charge in [0.1, 0.15) is 0 Å². The van der Waals surface area contributed by atoms with Crippen LogP contribution < -0.4 is 0 Å². The lowest BCUT2D eigenvalue weighted by atomic mass is 9.32. The summed E-state index contributed by atoms with van der Waals surface area (Å²) in [6, 6.07) is 3.67. The quantitative estimate of drug-likeness (QED) is 0.390. The zero-order chi connectivity index (χ0) is 26.6. The normalized spacial score (nSPS) is 49.4. The molecule has 2 heterocycles. The number of aliphatic hydroxyl groups excluding tert-OH is 2. The van der Waals surface area contributed by atoms with E-state index in [1.807, 2.05) is 0 Å². The van der Waals surface area contributed by atoms with E-state index in [-0.39, 0.29) is 52.6 Å². The predicted octanol–water partition coefficient (Wildman–Crippen LogP) is 4.51. The van der Waals surface area contributed by atoms with Gasteiger partial charge in [-0.2, -0.15) is 0 Å². The molecule has 1 aromatic heterocycles. The minimum atomic E-state index is -0.864. The smallest absolute Gasteiger partial charge is 0.224 e. The van der Waals surface area contributed by atoms with Gasteiger partial charge in [-0.3, -0.25) is 9.69 Å². The first-order chi connectivity index (χ1) is 18.1. The summed E-state index contributed by atoms with van der Waals surface area (Å²) in [7, 11) is 0. The summed E-state index contributed by atoms with van der Waals surface area (Å²) in [5.41, 5.74) is -1.20. The first-order valence-corrected chi connectivity index (χ1v) is 14.9. The Kier molecular flexibility index (Phi) is 5.42. The first kappa shape index (κ1) is 25.3. The van der Waals surface area contributed by atoms with Gasteiger partial charge in [0.05, 0.1) is 24.6 Å². The summed E-state index contributed by atoms with van der Waals surface area (Å²) < 4.78 is 5.66. The van der Waals surface area contributed by atoms with Crippen LogP contribution in [0.1, 0.15) is 82.2 Å². The summed E-state index contributed by atoms with van der Waals surface area (Å²) in [5.74, 6) is 0.759. The van der Waals surface area contributed by atoms with Gasteiger partial charge < -0.3 is 19.7 Å². The standard InChI is InChI=1S/C32H43NO5/c1-28-10-7-22(35)17-30(28)13-14-32(23(18-30)27(36)24-6-4-16-38-24)25(28)8-11-29(2)26(32)9-12-31(29,37)20-33-15-3-5-21(33)19-34/h4,6,13-14,16,18,21-22,25-26,34-35,37H,3,5,7-12,15,17,19-20H2,1-2H3. The molecule has 9 unspecified atom stereocenters. The zero-order valence-electron chi connectivity index (χ0n) is 22.9. The minimum absolute atomic E-state index is 0.0348. The van der Waals surface area contributed by atoms with Gasteiger partial charge in [0.2, 0.25) is 5.78 Å². The average molecular weight is 522 g/mol. The minimum Gasteiger partial charge on any atom is -0.461 e. The molecule has 2 bridgehead atoms. The largest absolute Gasteiger partial charge is 0.461 e. The van der Waals surface area contributed by atoms with Crippen LogP contribution in [0.25, 0.3) is 0 Å². The van der Waals surface area contributed by atoms with E-state index in [1.54, 1.807) is 18.4 Å². The molecule has 1 aliphatic heterocycles. The monoisotopic (exact) mass is 521 g/mol. The number of aliphatic hydroxyl groups is 3. The van der Waals surface area contributed by atoms with Gasteiger partial charge in [-0.05, 0) is 93.7 Å². The van der Waals surface area contributed by atoms with Crippen LogP contribution in [-0.2, 0) is 0 Å². The van der Waals surface area contributed by atoms with E-state index in [0.717, 1.165) is 57.1 Å². The van der Waals surface area contributed by atoms with Crippen LogP contribution in [0.2, 0.25) is 0 Å². The van der Waals surface area contributed by atoms with Gasteiger partial charge in [-0.15, -0.1) is 0 Å². The summed E-state index contributed by atoms with van der Waals surface area (Å²) in [6.45, 7) is 6.35. The maximum Gasteiger partial charge on any atom is 0.224 e. The lowest BCUT2D eigenvalue weighted by Crippen LogP contribution is -2.67. The summed E-state index contributed by atoms with van der Waals surface area (Å²) in [4.78, 5) is 16.5. The Balaban J connectivity index is 1.35. The number of fused-ring (bicyclic) bond motifs is 1. The average Bonchev–Trinajstić information content (AvgIpc) is 3.64. The van der Waals surface area contributed by atoms with Crippen molar-refractivity contribution in [3.63, 3.8) is 0 Å². The summed E-state index contributed by atoms with van der Waals surface area (Å²) in [5, 5.41) is 33.2. The molecular weight excluding hydrogens is 478 g/mol. The van der Waals surface area contributed by atoms with Crippen molar-refractivity contribution in [3.05, 3.63) is 48.0 Å². The summed E-state index contributed by atoms with van der Waals surface area (Å²) in [6.07, 6.45) is 16.1. The molecule has 1 aromatic rings. The number of ketones is 1. The van der Waals surface area contributed by atoms with E-state index < -0.39 is 11.0 Å². The number of allylic oxidation sites excluding steroid dienone is 4. The van der Waals surface area contributed by atoms with E-state index in [2.05, 4.69) is 37.0 Å². The van der Waals surface area contributed by atoms with Crippen molar-refractivity contribution in [1.82, 2.24) is 4.90 Å². The number of rotatable bonds is 5. The number of carbonyl (C=O) groups is 1. The molecule has 38 heavy (non-hydrogen) atoms. The highest BCUT2D eigenvalue weighted by molar-refractivity contribution is 6.08. The number of nitrogens with zero attached hydrogens (tertiary/aromatic N) is 1. The van der Waals surface area contributed by atoms with Crippen molar-refractivity contribution >= 4 is 5.78 Å². The van der Waals surface area contributed by atoms with E-state index in [0.29, 0.717) is 25.1 Å². The SMILES string of the molecule is CC12CCC(O)CC13C=CC1(C(C(=O)c4ccco4)=C3)C2CCC2(C)C1CCC2(O)CN1CCCC1CO. The third kappa shape index (κ3) is 2.96. The van der Waals surface area contributed by atoms with Gasteiger partial charge in [-0.1, -0.05) is 32.1 Å². The maximum atomic E-state index is 14.2. The Morgan fingerprint density at radius 2 is 1.84 bits per heavy atom. The number of β-amino-alcohol motifs (C(OH)–C–C–N with tert-alkyl or cyclic N) is 1. The Hall–Kier alpha value is -1.73. The number of Topliss-reactive ketones (excluding diaryl/α,β-unsaturated/α-hetero) is 1. The third-order valence-corrected chi connectivity index (χ3v) is 12.9. The molecule has 4 fully saturated rings. The van der Waals surface area contributed by atoms with Crippen LogP contribution in [0, 0.1) is 33.5 Å². The topological polar surface area (TPSA) is 94.1 Å². The molecule has 1 saturated heterocycles. The van der Waals surface area contributed by atoms with Crippen molar-refractivity contribution in [1.29, 1.82) is 0 Å². The second kappa shape index (κ2) is 8.15. The van der Waals surface area contributed by atoms with Crippen molar-refractivity contribution in [3.8, 4) is 0 Å². The van der Waals surface area contributed by atoms with Gasteiger partial charge in [-0.25, -0.2) is 0 Å². The van der Waals surface area contributed by atoms with Gasteiger partial charge in [0.15, 0.2) is 5.76 Å². The fourth-order valence-electron chi connectivity index (χ4n) is 10.8. The molecule has 3 N–H and O–H groups in total. The molecule has 206 valence electrons. The lowest BCUT2D eigenvalue weighted by Gasteiger charge is -2.71. The molecule has 3 saturated carbocycles. The Labute approximate surface area is 225 Å². The Bertz CT molecular complexity index is 1190. The van der Waals surface area contributed by atoms with Crippen LogP contribution in [0.5, 0.6) is 0 Å². The Morgan fingerprint density at radius 3 is 2.61 bits per heavy atom. The molecular formula is C32H43NO5. The van der Waals surface area contributed by atoms with E-state index in [1.165, 1.54) is 0 Å². The highest BCUT2D eigenvalue weighted by Gasteiger charge is 2.74. The molecule has 9 atom stereocenters. The zero-order valence-corrected chi connectivity index (χ0v) is 22.9. The van der Waals surface area contributed by atoms with Crippen LogP contribution in [0.3, 0.4) is 0 Å². The molecule has 0 amide bonds. The van der Waals surface area contributed by atoms with Gasteiger partial charge in [0, 0.05) is 34.4 Å². The molecule has 7 aliphatic rings. The van der Waals surface area contributed by atoms with Crippen molar-refractivity contribution in [2.24, 2.45) is 33.5 Å². The van der Waals surface area contributed by atoms with E-state index >= 15 is 0 Å². The fourth-order valence-corrected chi connectivity index (χ4v) is 10.8.